The van der Waals surface area contributed by atoms with Crippen LogP contribution in [0.25, 0.3) is 27.1 Å². The van der Waals surface area contributed by atoms with Crippen molar-refractivity contribution in [2.24, 2.45) is 0 Å². The molecular weight excluding hydrogens is 578 g/mol. The van der Waals surface area contributed by atoms with Crippen LogP contribution in [0.5, 0.6) is 5.88 Å². The van der Waals surface area contributed by atoms with Crippen molar-refractivity contribution in [2.75, 3.05) is 20.8 Å². The first-order chi connectivity index (χ1) is 20.8. The van der Waals surface area contributed by atoms with E-state index in [9.17, 15) is 9.18 Å². The van der Waals surface area contributed by atoms with Gasteiger partial charge in [-0.2, -0.15) is 0 Å². The lowest BCUT2D eigenvalue weighted by molar-refractivity contribution is 0.0601. The largest absolute Gasteiger partial charge is 0.473 e. The highest BCUT2D eigenvalue weighted by Crippen LogP contribution is 2.31. The molecule has 0 N–H and O–H groups in total. The highest BCUT2D eigenvalue weighted by molar-refractivity contribution is 6.33. The van der Waals surface area contributed by atoms with Crippen molar-refractivity contribution in [1.82, 2.24) is 14.5 Å². The van der Waals surface area contributed by atoms with Crippen LogP contribution in [-0.4, -0.2) is 41.3 Å². The van der Waals surface area contributed by atoms with Crippen LogP contribution in [0.3, 0.4) is 0 Å². The average molecular weight is 603 g/mol. The van der Waals surface area contributed by atoms with Crippen molar-refractivity contribution >= 4 is 34.3 Å². The first-order valence-corrected chi connectivity index (χ1v) is 13.5. The van der Waals surface area contributed by atoms with Gasteiger partial charge in [-0.05, 0) is 42.0 Å². The molecule has 0 saturated heterocycles. The molecule has 2 heterocycles. The Kier molecular flexibility index (Phi) is 8.95. The van der Waals surface area contributed by atoms with E-state index in [1.54, 1.807) is 43.5 Å². The van der Waals surface area contributed by atoms with Gasteiger partial charge in [0, 0.05) is 37.3 Å². The molecule has 0 bridgehead atoms. The van der Waals surface area contributed by atoms with Gasteiger partial charge in [0.1, 0.15) is 24.1 Å². The summed E-state index contributed by atoms with van der Waals surface area (Å²) < 4.78 is 47.4. The normalized spacial score (nSPS) is 11.0. The molecule has 3 aromatic carbocycles. The number of carbonyl (C=O) groups excluding carboxylic acids is 1. The first kappa shape index (κ1) is 29.6. The predicted octanol–water partition coefficient (Wildman–Crippen LogP) is 7.18. The van der Waals surface area contributed by atoms with E-state index in [0.29, 0.717) is 52.4 Å². The SMILES string of the molecule is [C-]#[N+]c1ccc(COc2ccc(Cl)c(-c3ccc(Cc4nc5ccc(C(=O)OC)cc5n4CCOC)c(F)c3)n2)c(F)c1. The number of benzene rings is 3. The third-order valence-electron chi connectivity index (χ3n) is 6.80. The Morgan fingerprint density at radius 3 is 2.49 bits per heavy atom. The summed E-state index contributed by atoms with van der Waals surface area (Å²) in [7, 11) is 2.90. The lowest BCUT2D eigenvalue weighted by Crippen LogP contribution is -2.10. The molecule has 0 aliphatic heterocycles. The fourth-order valence-electron chi connectivity index (χ4n) is 4.57. The molecule has 0 atom stereocenters. The summed E-state index contributed by atoms with van der Waals surface area (Å²) in [4.78, 5) is 24.4. The fraction of sp³-hybridized carbons (Fsp3) is 0.188. The van der Waals surface area contributed by atoms with Crippen LogP contribution in [0.15, 0.2) is 66.7 Å². The summed E-state index contributed by atoms with van der Waals surface area (Å²) >= 11 is 6.40. The monoisotopic (exact) mass is 602 g/mol. The third kappa shape index (κ3) is 6.48. The molecule has 0 amide bonds. The van der Waals surface area contributed by atoms with Crippen LogP contribution in [0.1, 0.15) is 27.3 Å². The number of imidazole rings is 1. The molecule has 8 nitrogen and oxygen atoms in total. The van der Waals surface area contributed by atoms with Gasteiger partial charge in [-0.3, -0.25) is 0 Å². The molecule has 0 radical (unpaired) electrons. The van der Waals surface area contributed by atoms with Crippen LogP contribution < -0.4 is 4.74 Å². The summed E-state index contributed by atoms with van der Waals surface area (Å²) in [5.41, 5.74) is 3.34. The van der Waals surface area contributed by atoms with Crippen molar-refractivity contribution in [3.63, 3.8) is 0 Å². The van der Waals surface area contributed by atoms with Gasteiger partial charge in [0.15, 0.2) is 5.69 Å². The van der Waals surface area contributed by atoms with Gasteiger partial charge in [0.25, 0.3) is 0 Å². The first-order valence-electron chi connectivity index (χ1n) is 13.1. The van der Waals surface area contributed by atoms with Crippen molar-refractivity contribution < 1.29 is 27.8 Å². The number of aromatic nitrogens is 3. The highest BCUT2D eigenvalue weighted by atomic mass is 35.5. The zero-order valence-electron chi connectivity index (χ0n) is 23.2. The summed E-state index contributed by atoms with van der Waals surface area (Å²) in [6, 6.07) is 17.0. The van der Waals surface area contributed by atoms with Crippen molar-refractivity contribution in [3.8, 4) is 17.1 Å². The second-order valence-corrected chi connectivity index (χ2v) is 9.91. The van der Waals surface area contributed by atoms with Gasteiger partial charge < -0.3 is 18.8 Å². The van der Waals surface area contributed by atoms with E-state index < -0.39 is 17.6 Å². The standard InChI is InChI=1S/C32H25ClF2N4O4/c1-36-23-8-6-22(26(35)17-23)18-43-30-11-9-24(33)31(38-30)20-5-4-19(25(34)14-20)16-29-37-27-10-7-21(32(40)42-3)15-28(27)39(29)12-13-41-2/h4-11,14-15,17H,12-13,16,18H2,2-3H3. The number of carbonyl (C=O) groups is 1. The zero-order valence-corrected chi connectivity index (χ0v) is 24.0. The Bertz CT molecular complexity index is 1870. The molecule has 0 aliphatic carbocycles. The van der Waals surface area contributed by atoms with Crippen LogP contribution in [0.4, 0.5) is 14.5 Å². The smallest absolute Gasteiger partial charge is 0.337 e. The number of rotatable bonds is 10. The fourth-order valence-corrected chi connectivity index (χ4v) is 4.79. The minimum Gasteiger partial charge on any atom is -0.473 e. The summed E-state index contributed by atoms with van der Waals surface area (Å²) in [5.74, 6) is -0.724. The van der Waals surface area contributed by atoms with Gasteiger partial charge >= 0.3 is 5.97 Å². The molecule has 5 aromatic rings. The number of pyridine rings is 1. The summed E-state index contributed by atoms with van der Waals surface area (Å²) in [6.45, 7) is 7.72. The van der Waals surface area contributed by atoms with E-state index in [-0.39, 0.29) is 35.2 Å². The number of esters is 1. The van der Waals surface area contributed by atoms with E-state index in [1.807, 2.05) is 4.57 Å². The molecular formula is C32H25ClF2N4O4. The molecule has 218 valence electrons. The minimum absolute atomic E-state index is 0.114. The lowest BCUT2D eigenvalue weighted by atomic mass is 10.1. The van der Waals surface area contributed by atoms with Crippen LogP contribution >= 0.6 is 11.6 Å². The second kappa shape index (κ2) is 13.0. The number of hydrogen-bond acceptors (Lipinski definition) is 6. The van der Waals surface area contributed by atoms with E-state index in [1.165, 1.54) is 31.4 Å². The molecule has 0 unspecified atom stereocenters. The molecule has 0 spiro atoms. The van der Waals surface area contributed by atoms with Crippen molar-refractivity contribution in [2.45, 2.75) is 19.6 Å². The number of fused-ring (bicyclic) bond motifs is 1. The van der Waals surface area contributed by atoms with Crippen LogP contribution in [-0.2, 0) is 29.0 Å². The zero-order chi connectivity index (χ0) is 30.5. The molecule has 0 saturated carbocycles. The van der Waals surface area contributed by atoms with Crippen LogP contribution in [0.2, 0.25) is 5.02 Å². The highest BCUT2D eigenvalue weighted by Gasteiger charge is 2.17. The van der Waals surface area contributed by atoms with Gasteiger partial charge in [-0.15, -0.1) is 0 Å². The second-order valence-electron chi connectivity index (χ2n) is 9.51. The Balaban J connectivity index is 1.39. The third-order valence-corrected chi connectivity index (χ3v) is 7.11. The van der Waals surface area contributed by atoms with Crippen LogP contribution in [0, 0.1) is 18.2 Å². The average Bonchev–Trinajstić information content (AvgIpc) is 3.36. The Labute approximate surface area is 251 Å². The molecule has 0 fully saturated rings. The number of nitrogens with zero attached hydrogens (tertiary/aromatic N) is 4. The Morgan fingerprint density at radius 1 is 0.977 bits per heavy atom. The molecule has 43 heavy (non-hydrogen) atoms. The van der Waals surface area contributed by atoms with Crippen molar-refractivity contribution in [1.29, 1.82) is 0 Å². The topological polar surface area (TPSA) is 79.8 Å². The predicted molar refractivity (Wildman–Crippen MR) is 157 cm³/mol. The van der Waals surface area contributed by atoms with Gasteiger partial charge in [0.05, 0.1) is 47.6 Å². The van der Waals surface area contributed by atoms with Gasteiger partial charge in [-0.1, -0.05) is 35.9 Å². The maximum Gasteiger partial charge on any atom is 0.337 e. The van der Waals surface area contributed by atoms with E-state index in [2.05, 4.69) is 9.83 Å². The number of halogens is 3. The summed E-state index contributed by atoms with van der Waals surface area (Å²) in [5, 5.41) is 0.287. The number of ether oxygens (including phenoxy) is 3. The Hall–Kier alpha value is -4.85. The van der Waals surface area contributed by atoms with Gasteiger partial charge in [0.2, 0.25) is 5.88 Å². The molecule has 11 heteroatoms. The molecule has 0 aliphatic rings. The number of methoxy groups -OCH3 is 2. The maximum absolute atomic E-state index is 15.5. The minimum atomic E-state index is -0.556. The van der Waals surface area contributed by atoms with E-state index in [0.717, 1.165) is 6.07 Å². The van der Waals surface area contributed by atoms with E-state index >= 15 is 4.39 Å². The lowest BCUT2D eigenvalue weighted by Gasteiger charge is -2.12. The summed E-state index contributed by atoms with van der Waals surface area (Å²) in [6.07, 6.45) is 0.181. The maximum atomic E-state index is 15.5. The quantitative estimate of drug-likeness (QED) is 0.124. The van der Waals surface area contributed by atoms with Crippen molar-refractivity contribution in [3.05, 3.63) is 117 Å². The Morgan fingerprint density at radius 2 is 1.77 bits per heavy atom. The number of hydrogen-bond donors (Lipinski definition) is 0. The molecule has 2 aromatic heterocycles. The van der Waals surface area contributed by atoms with Gasteiger partial charge in [-0.25, -0.2) is 28.4 Å². The molecule has 5 rings (SSSR count). The van der Waals surface area contributed by atoms with E-state index in [4.69, 9.17) is 37.4 Å².